The van der Waals surface area contributed by atoms with E-state index in [1.807, 2.05) is 19.1 Å². The second-order valence-electron chi connectivity index (χ2n) is 3.53. The minimum absolute atomic E-state index is 0.130. The van der Waals surface area contributed by atoms with Crippen LogP contribution in [0.2, 0.25) is 0 Å². The number of methoxy groups -OCH3 is 1. The first-order valence-corrected chi connectivity index (χ1v) is 5.64. The number of hydrogen-bond acceptors (Lipinski definition) is 4. The number of carbonyl (C=O) groups is 1. The Labute approximate surface area is 106 Å². The lowest BCUT2D eigenvalue weighted by Crippen LogP contribution is -2.21. The quantitative estimate of drug-likeness (QED) is 0.830. The van der Waals surface area contributed by atoms with Crippen molar-refractivity contribution in [3.63, 3.8) is 0 Å². The molecule has 0 aromatic heterocycles. The highest BCUT2D eigenvalue weighted by molar-refractivity contribution is 5.77. The molecular weight excluding hydrogens is 232 g/mol. The van der Waals surface area contributed by atoms with E-state index in [1.54, 1.807) is 19.2 Å². The minimum atomic E-state index is -0.286. The molecular formula is C13H16N2O3. The summed E-state index contributed by atoms with van der Waals surface area (Å²) >= 11 is 0. The fourth-order valence-corrected chi connectivity index (χ4v) is 1.43. The van der Waals surface area contributed by atoms with E-state index in [-0.39, 0.29) is 12.3 Å². The fourth-order valence-electron chi connectivity index (χ4n) is 1.43. The second kappa shape index (κ2) is 7.17. The molecule has 0 unspecified atom stereocenters. The number of nitriles is 1. The van der Waals surface area contributed by atoms with E-state index in [0.717, 1.165) is 5.56 Å². The van der Waals surface area contributed by atoms with Crippen LogP contribution >= 0.6 is 0 Å². The van der Waals surface area contributed by atoms with Crippen molar-refractivity contribution in [2.45, 2.75) is 19.9 Å². The molecule has 0 fully saturated rings. The zero-order valence-corrected chi connectivity index (χ0v) is 10.5. The van der Waals surface area contributed by atoms with Crippen LogP contribution < -0.4 is 14.8 Å². The summed E-state index contributed by atoms with van der Waals surface area (Å²) in [4.78, 5) is 11.2. The largest absolute Gasteiger partial charge is 0.493 e. The van der Waals surface area contributed by atoms with Gasteiger partial charge in [-0.05, 0) is 24.6 Å². The molecule has 0 atom stereocenters. The Morgan fingerprint density at radius 2 is 2.22 bits per heavy atom. The van der Waals surface area contributed by atoms with Crippen molar-refractivity contribution in [2.75, 3.05) is 13.7 Å². The average Bonchev–Trinajstić information content (AvgIpc) is 2.37. The molecule has 0 saturated carbocycles. The van der Waals surface area contributed by atoms with E-state index in [1.165, 1.54) is 0 Å². The van der Waals surface area contributed by atoms with Crippen molar-refractivity contribution in [3.05, 3.63) is 23.8 Å². The normalized spacial score (nSPS) is 9.39. The summed E-state index contributed by atoms with van der Waals surface area (Å²) in [6, 6.07) is 7.24. The summed E-state index contributed by atoms with van der Waals surface area (Å²) < 4.78 is 10.6. The molecule has 0 aliphatic carbocycles. The molecule has 0 radical (unpaired) electrons. The van der Waals surface area contributed by atoms with Gasteiger partial charge < -0.3 is 14.8 Å². The van der Waals surface area contributed by atoms with E-state index < -0.39 is 0 Å². The Hall–Kier alpha value is -2.22. The molecule has 1 rings (SSSR count). The van der Waals surface area contributed by atoms with Crippen molar-refractivity contribution >= 4 is 5.91 Å². The standard InChI is InChI=1S/C13H16N2O3/c1-3-18-12-8-10(4-5-11(12)17-2)9-15-13(16)6-7-14/h4-5,8H,3,6,9H2,1-2H3,(H,15,16). The summed E-state index contributed by atoms with van der Waals surface area (Å²) in [5, 5.41) is 11.0. The molecule has 1 N–H and O–H groups in total. The van der Waals surface area contributed by atoms with Crippen molar-refractivity contribution in [1.29, 1.82) is 5.26 Å². The molecule has 1 aromatic carbocycles. The van der Waals surface area contributed by atoms with Gasteiger partial charge in [0.15, 0.2) is 11.5 Å². The van der Waals surface area contributed by atoms with Crippen LogP contribution in [0, 0.1) is 11.3 Å². The highest BCUT2D eigenvalue weighted by Gasteiger charge is 2.06. The molecule has 96 valence electrons. The second-order valence-corrected chi connectivity index (χ2v) is 3.53. The third-order valence-electron chi connectivity index (χ3n) is 2.26. The SMILES string of the molecule is CCOc1cc(CNC(=O)CC#N)ccc1OC. The van der Waals surface area contributed by atoms with E-state index in [9.17, 15) is 4.79 Å². The maximum Gasteiger partial charge on any atom is 0.234 e. The molecule has 0 spiro atoms. The molecule has 5 heteroatoms. The Morgan fingerprint density at radius 1 is 1.44 bits per heavy atom. The van der Waals surface area contributed by atoms with Crippen LogP contribution in [0.3, 0.4) is 0 Å². The number of nitrogens with zero attached hydrogens (tertiary/aromatic N) is 1. The van der Waals surface area contributed by atoms with Gasteiger partial charge in [0, 0.05) is 6.54 Å². The molecule has 0 aliphatic rings. The van der Waals surface area contributed by atoms with Gasteiger partial charge in [-0.25, -0.2) is 0 Å². The Kier molecular flexibility index (Phi) is 5.52. The number of nitrogens with one attached hydrogen (secondary N) is 1. The van der Waals surface area contributed by atoms with Crippen LogP contribution in [-0.2, 0) is 11.3 Å². The van der Waals surface area contributed by atoms with E-state index in [4.69, 9.17) is 14.7 Å². The van der Waals surface area contributed by atoms with Gasteiger partial charge in [-0.15, -0.1) is 0 Å². The molecule has 0 aliphatic heterocycles. The third kappa shape index (κ3) is 3.98. The topological polar surface area (TPSA) is 71.3 Å². The van der Waals surface area contributed by atoms with Crippen LogP contribution in [0.5, 0.6) is 11.5 Å². The summed E-state index contributed by atoms with van der Waals surface area (Å²) in [6.07, 6.45) is -0.130. The maximum atomic E-state index is 11.2. The summed E-state index contributed by atoms with van der Waals surface area (Å²) in [5.41, 5.74) is 0.894. The van der Waals surface area contributed by atoms with Crippen LogP contribution in [0.25, 0.3) is 0 Å². The lowest BCUT2D eigenvalue weighted by Gasteiger charge is -2.11. The van der Waals surface area contributed by atoms with Gasteiger partial charge in [0.25, 0.3) is 0 Å². The molecule has 0 saturated heterocycles. The van der Waals surface area contributed by atoms with Gasteiger partial charge in [-0.2, -0.15) is 5.26 Å². The predicted octanol–water partition coefficient (Wildman–Crippen LogP) is 1.62. The van der Waals surface area contributed by atoms with Gasteiger partial charge in [-0.1, -0.05) is 6.07 Å². The Balaban J connectivity index is 2.70. The van der Waals surface area contributed by atoms with Crippen molar-refractivity contribution in [3.8, 4) is 17.6 Å². The molecule has 5 nitrogen and oxygen atoms in total. The number of rotatable bonds is 6. The molecule has 1 aromatic rings. The van der Waals surface area contributed by atoms with Crippen molar-refractivity contribution < 1.29 is 14.3 Å². The van der Waals surface area contributed by atoms with E-state index in [0.29, 0.717) is 24.7 Å². The molecule has 18 heavy (non-hydrogen) atoms. The number of carbonyl (C=O) groups excluding carboxylic acids is 1. The van der Waals surface area contributed by atoms with E-state index >= 15 is 0 Å². The zero-order valence-electron chi connectivity index (χ0n) is 10.5. The lowest BCUT2D eigenvalue weighted by atomic mass is 10.2. The highest BCUT2D eigenvalue weighted by atomic mass is 16.5. The highest BCUT2D eigenvalue weighted by Crippen LogP contribution is 2.27. The van der Waals surface area contributed by atoms with Crippen molar-refractivity contribution in [2.24, 2.45) is 0 Å². The van der Waals surface area contributed by atoms with Crippen LogP contribution in [0.1, 0.15) is 18.9 Å². The van der Waals surface area contributed by atoms with Crippen molar-refractivity contribution in [1.82, 2.24) is 5.32 Å². The number of hydrogen-bond donors (Lipinski definition) is 1. The lowest BCUT2D eigenvalue weighted by molar-refractivity contribution is -0.120. The summed E-state index contributed by atoms with van der Waals surface area (Å²) in [5.74, 6) is 1.02. The first kappa shape index (κ1) is 13.8. The average molecular weight is 248 g/mol. The Morgan fingerprint density at radius 3 is 2.83 bits per heavy atom. The van der Waals surface area contributed by atoms with Gasteiger partial charge in [0.05, 0.1) is 19.8 Å². The molecule has 0 bridgehead atoms. The third-order valence-corrected chi connectivity index (χ3v) is 2.26. The number of ether oxygens (including phenoxy) is 2. The number of amides is 1. The summed E-state index contributed by atoms with van der Waals surface area (Å²) in [6.45, 7) is 2.80. The fraction of sp³-hybridized carbons (Fsp3) is 0.385. The van der Waals surface area contributed by atoms with Crippen LogP contribution in [-0.4, -0.2) is 19.6 Å². The first-order chi connectivity index (χ1) is 8.71. The monoisotopic (exact) mass is 248 g/mol. The molecule has 1 amide bonds. The Bertz CT molecular complexity index is 452. The van der Waals surface area contributed by atoms with Gasteiger partial charge in [0.2, 0.25) is 5.91 Å². The van der Waals surface area contributed by atoms with Gasteiger partial charge in [0.1, 0.15) is 6.42 Å². The minimum Gasteiger partial charge on any atom is -0.493 e. The predicted molar refractivity (Wildman–Crippen MR) is 66.2 cm³/mol. The number of benzene rings is 1. The first-order valence-electron chi connectivity index (χ1n) is 5.64. The molecule has 0 heterocycles. The van der Waals surface area contributed by atoms with Gasteiger partial charge in [-0.3, -0.25) is 4.79 Å². The van der Waals surface area contributed by atoms with Crippen LogP contribution in [0.4, 0.5) is 0 Å². The van der Waals surface area contributed by atoms with Crippen LogP contribution in [0.15, 0.2) is 18.2 Å². The smallest absolute Gasteiger partial charge is 0.234 e. The van der Waals surface area contributed by atoms with Gasteiger partial charge >= 0.3 is 0 Å². The van der Waals surface area contributed by atoms with E-state index in [2.05, 4.69) is 5.32 Å². The zero-order chi connectivity index (χ0) is 13.4. The maximum absolute atomic E-state index is 11.2. The summed E-state index contributed by atoms with van der Waals surface area (Å²) in [7, 11) is 1.58.